The van der Waals surface area contributed by atoms with Crippen LogP contribution in [0.25, 0.3) is 64.6 Å². The van der Waals surface area contributed by atoms with Crippen LogP contribution in [-0.2, 0) is 18.3 Å². The van der Waals surface area contributed by atoms with Crippen molar-refractivity contribution < 1.29 is 56.2 Å². The largest absolute Gasteiger partial charge is 0.456 e. The van der Waals surface area contributed by atoms with Gasteiger partial charge < -0.3 is 56.2 Å². The Morgan fingerprint density at radius 3 is 0.741 bits per heavy atom. The molecule has 532 valence electrons. The van der Waals surface area contributed by atoms with E-state index in [2.05, 4.69) is 6.07 Å². The summed E-state index contributed by atoms with van der Waals surface area (Å²) in [6, 6.07) is 110. The molecule has 8 aliphatic heterocycles. The van der Waals surface area contributed by atoms with Gasteiger partial charge in [0.2, 0.25) is 0 Å². The molecule has 0 aliphatic carbocycles. The van der Waals surface area contributed by atoms with Gasteiger partial charge in [0.1, 0.15) is 113 Å². The van der Waals surface area contributed by atoms with Crippen LogP contribution in [-0.4, -0.2) is 0 Å². The minimum atomic E-state index is -3.17. The maximum atomic E-state index is 15.1. The minimum absolute atomic E-state index is 0.614. The quantitative estimate of drug-likeness (QED) is 0.133. The van der Waals surface area contributed by atoms with Gasteiger partial charge in [-0.05, 0) is 142 Å². The lowest BCUT2D eigenvalue weighted by Gasteiger charge is -2.35. The van der Waals surface area contributed by atoms with Gasteiger partial charge in [-0.3, -0.25) is 0 Å². The van der Waals surface area contributed by atoms with Crippen LogP contribution in [0.4, 0.5) is 0 Å². The molecule has 12 nitrogen and oxygen atoms in total. The second-order valence-electron chi connectivity index (χ2n) is 28.4. The van der Waals surface area contributed by atoms with Crippen molar-refractivity contribution >= 4 is 157 Å². The van der Waals surface area contributed by atoms with Crippen molar-refractivity contribution in [2.45, 2.75) is 0 Å². The average Bonchev–Trinajstić information content (AvgIpc) is 0.720. The van der Waals surface area contributed by atoms with Crippen molar-refractivity contribution in [1.82, 2.24) is 0 Å². The second-order valence-corrected chi connectivity index (χ2v) is 38.9. The topological polar surface area (TPSA) is 142 Å². The Balaban J connectivity index is 0.0000000893. The Hall–Kier alpha value is -13.2. The smallest absolute Gasteiger partial charge is 0.185 e. The lowest BCUT2D eigenvalue weighted by Crippen LogP contribution is -2.35. The summed E-state index contributed by atoms with van der Waals surface area (Å²) < 4.78 is 110. The van der Waals surface area contributed by atoms with Gasteiger partial charge in [0, 0.05) is 32.3 Å². The molecule has 16 heteroatoms. The molecule has 4 unspecified atom stereocenters. The number of benzene rings is 18. The number of ether oxygens (including phenoxy) is 8. The molecule has 0 saturated heterocycles. The molecular formula is C96H56O12P4. The molecule has 112 heavy (non-hydrogen) atoms. The van der Waals surface area contributed by atoms with Gasteiger partial charge in [-0.1, -0.05) is 231 Å². The first-order valence-corrected chi connectivity index (χ1v) is 43.6. The van der Waals surface area contributed by atoms with Crippen LogP contribution in [0.2, 0.25) is 0 Å². The maximum Gasteiger partial charge on any atom is 0.185 e. The molecule has 0 saturated carbocycles. The predicted molar refractivity (Wildman–Crippen MR) is 449 cm³/mol. The van der Waals surface area contributed by atoms with E-state index < -0.39 is 28.6 Å². The molecule has 0 spiro atoms. The number of para-hydroxylation sites is 5. The Kier molecular flexibility index (Phi) is 14.0. The molecule has 18 aromatic rings. The third-order valence-corrected chi connectivity index (χ3v) is 34.9. The van der Waals surface area contributed by atoms with Crippen LogP contribution >= 0.6 is 28.6 Å². The van der Waals surface area contributed by atoms with Gasteiger partial charge in [-0.15, -0.1) is 0 Å². The van der Waals surface area contributed by atoms with E-state index in [0.717, 1.165) is 107 Å². The van der Waals surface area contributed by atoms with Crippen LogP contribution < -0.4 is 102 Å². The normalized spacial score (nSPS) is 18.5. The summed E-state index contributed by atoms with van der Waals surface area (Å²) in [4.78, 5) is 0. The predicted octanol–water partition coefficient (Wildman–Crippen LogP) is 21.1. The Bertz CT molecular complexity index is 7400. The van der Waals surface area contributed by atoms with Crippen LogP contribution in [0.15, 0.2) is 340 Å². The molecular weight excluding hydrogens is 1470 g/mol. The first kappa shape index (κ1) is 64.8. The van der Waals surface area contributed by atoms with E-state index >= 15 is 9.13 Å². The fourth-order valence-corrected chi connectivity index (χ4v) is 29.7. The highest BCUT2D eigenvalue weighted by Gasteiger charge is 2.52. The summed E-state index contributed by atoms with van der Waals surface area (Å²) in [6.07, 6.45) is 0. The van der Waals surface area contributed by atoms with Crippen molar-refractivity contribution in [2.24, 2.45) is 0 Å². The molecule has 0 radical (unpaired) electrons. The Labute approximate surface area is 640 Å². The molecule has 0 fully saturated rings. The van der Waals surface area contributed by atoms with Crippen molar-refractivity contribution in [3.63, 3.8) is 0 Å². The Morgan fingerprint density at radius 1 is 0.152 bits per heavy atom. The lowest BCUT2D eigenvalue weighted by molar-refractivity contribution is 0.463. The molecule has 26 rings (SSSR count). The molecule has 0 bridgehead atoms. The van der Waals surface area contributed by atoms with E-state index in [-0.39, 0.29) is 0 Å². The summed E-state index contributed by atoms with van der Waals surface area (Å²) in [7, 11) is -12.5. The highest BCUT2D eigenvalue weighted by Crippen LogP contribution is 2.65. The fraction of sp³-hybridized carbons (Fsp3) is 0. The van der Waals surface area contributed by atoms with Gasteiger partial charge in [0.05, 0.1) is 42.4 Å². The first-order chi connectivity index (χ1) is 55.0. The number of rotatable bonds is 0. The van der Waals surface area contributed by atoms with E-state index in [0.29, 0.717) is 113 Å². The Morgan fingerprint density at radius 2 is 0.375 bits per heavy atom. The van der Waals surface area contributed by atoms with Crippen LogP contribution in [0, 0.1) is 0 Å². The van der Waals surface area contributed by atoms with E-state index in [4.69, 9.17) is 37.9 Å². The zero-order chi connectivity index (χ0) is 74.3. The fourth-order valence-electron chi connectivity index (χ4n) is 17.4. The van der Waals surface area contributed by atoms with Crippen molar-refractivity contribution in [3.05, 3.63) is 340 Å². The molecule has 0 N–H and O–H groups in total. The summed E-state index contributed by atoms with van der Waals surface area (Å²) in [5.74, 6) is 10.3. The highest BCUT2D eigenvalue weighted by molar-refractivity contribution is 7.87. The van der Waals surface area contributed by atoms with Gasteiger partial charge in [-0.25, -0.2) is 0 Å². The van der Waals surface area contributed by atoms with Crippen LogP contribution in [0.3, 0.4) is 0 Å². The maximum absolute atomic E-state index is 15.1. The summed E-state index contributed by atoms with van der Waals surface area (Å²) in [5, 5.41) is 20.5. The van der Waals surface area contributed by atoms with Crippen LogP contribution in [0.5, 0.6) is 92.0 Å². The van der Waals surface area contributed by atoms with E-state index in [1.54, 1.807) is 0 Å². The molecule has 18 aromatic carbocycles. The molecule has 0 amide bonds. The van der Waals surface area contributed by atoms with Crippen molar-refractivity contribution in [3.8, 4) is 92.0 Å². The zero-order valence-corrected chi connectivity index (χ0v) is 62.6. The number of hydrogen-bond acceptors (Lipinski definition) is 12. The van der Waals surface area contributed by atoms with Crippen LogP contribution in [0.1, 0.15) is 0 Å². The number of hydrogen-bond donors (Lipinski definition) is 0. The molecule has 8 aliphatic rings. The van der Waals surface area contributed by atoms with Gasteiger partial charge >= 0.3 is 0 Å². The third kappa shape index (κ3) is 9.09. The van der Waals surface area contributed by atoms with Gasteiger partial charge in [0.15, 0.2) is 28.6 Å². The summed E-state index contributed by atoms with van der Waals surface area (Å²) in [5.41, 5.74) is 0. The van der Waals surface area contributed by atoms with Gasteiger partial charge in [0.25, 0.3) is 0 Å². The molecule has 8 heterocycles. The highest BCUT2D eigenvalue weighted by atomic mass is 31.2. The van der Waals surface area contributed by atoms with E-state index in [1.165, 1.54) is 0 Å². The molecule has 0 aromatic heterocycles. The third-order valence-electron chi connectivity index (χ3n) is 22.4. The standard InChI is InChI=1S/2C26H15O3P.2C22H13O3P/c27-30-22-12-6-5-11-20(22)28-25-19-10-4-2-8-17(19)15-21(26(25)30)29-24-18-9-3-1-7-16(18)13-14-23(24)30;27-30-22-12-6-5-11-20(22)28-21-15-17-8-2-4-10-19(17)25(26(21)30)29-24-18-9-3-1-7-16(18)13-14-23(24)30;23-26-19-11-5-3-9-16(19)24-18-13-14-7-1-2-8-15(14)21(22(18)26)25-17-10-4-6-12-20(17)26;23-26-19-11-4-3-8-16(19)24-17-9-5-10-18(22(17)26)25-21-15-7-2-1-6-14(15)12-13-20(21)26/h2*1-15H;2*1-13H. The first-order valence-electron chi connectivity index (χ1n) is 36.7. The zero-order valence-electron chi connectivity index (χ0n) is 59.0. The van der Waals surface area contributed by atoms with Gasteiger partial charge in [-0.2, -0.15) is 0 Å². The average molecular weight is 1530 g/mol. The minimum Gasteiger partial charge on any atom is -0.456 e. The number of fused-ring (bicyclic) bond motifs is 28. The second kappa shape index (κ2) is 24.2. The molecule has 4 atom stereocenters. The van der Waals surface area contributed by atoms with E-state index in [9.17, 15) is 9.13 Å². The van der Waals surface area contributed by atoms with E-state index in [1.807, 2.05) is 334 Å². The summed E-state index contributed by atoms with van der Waals surface area (Å²) >= 11 is 0. The SMILES string of the molecule is O=P12c3ccccc3Oc3c1c(cc1ccccc31)Oc1c2ccc2ccccc12.O=P12c3ccccc3Oc3cc4ccccc4c(c31)Oc1c2ccc2ccccc12.O=P12c3ccccc3Oc3cc4ccccc4c(c31)Oc1ccccc12.O=P12c3ccccc3Oc3cccc(c31)Oc1c2ccc2ccccc12. The van der Waals surface area contributed by atoms with Crippen molar-refractivity contribution in [2.75, 3.05) is 0 Å². The van der Waals surface area contributed by atoms with Crippen molar-refractivity contribution in [1.29, 1.82) is 0 Å². The summed E-state index contributed by atoms with van der Waals surface area (Å²) in [6.45, 7) is 0. The lowest BCUT2D eigenvalue weighted by atomic mass is 10.1. The monoisotopic (exact) mass is 1520 g/mol.